The van der Waals surface area contributed by atoms with Crippen molar-refractivity contribution in [3.8, 4) is 0 Å². The summed E-state index contributed by atoms with van der Waals surface area (Å²) < 4.78 is 0. The fraction of sp³-hybridized carbons (Fsp3) is 0.600. The minimum atomic E-state index is 0.161. The maximum absolute atomic E-state index is 5.86. The summed E-state index contributed by atoms with van der Waals surface area (Å²) in [6.45, 7) is 18.8. The molecule has 0 aliphatic rings. The predicted octanol–water partition coefficient (Wildman–Crippen LogP) is 3.47. The number of nitrogens with two attached hydrogens (primary N) is 1. The minimum absolute atomic E-state index is 0.161. The summed E-state index contributed by atoms with van der Waals surface area (Å²) >= 11 is 0. The van der Waals surface area contributed by atoms with Gasteiger partial charge in [-0.15, -0.1) is 0 Å². The van der Waals surface area contributed by atoms with Gasteiger partial charge in [0.05, 0.1) is 0 Å². The van der Waals surface area contributed by atoms with Crippen LogP contribution in [0.1, 0.15) is 41.5 Å². The average Bonchev–Trinajstić information content (AvgIpc) is 2.21. The molecule has 2 heteroatoms. The molecule has 0 bridgehead atoms. The van der Waals surface area contributed by atoms with Crippen molar-refractivity contribution < 1.29 is 0 Å². The summed E-state index contributed by atoms with van der Waals surface area (Å²) in [7, 11) is 0. The second-order valence-electron chi connectivity index (χ2n) is 5.42. The molecule has 0 atom stereocenters. The molecule has 0 unspecified atom stereocenters. The molecular weight excluding hydrogens is 208 g/mol. The zero-order valence-electron chi connectivity index (χ0n) is 12.3. The molecular formula is C15H28N2. The van der Waals surface area contributed by atoms with Gasteiger partial charge in [0.1, 0.15) is 0 Å². The molecule has 17 heavy (non-hydrogen) atoms. The van der Waals surface area contributed by atoms with Crippen molar-refractivity contribution in [2.24, 2.45) is 5.73 Å². The molecule has 0 aromatic carbocycles. The highest BCUT2D eigenvalue weighted by molar-refractivity contribution is 5.34. The highest BCUT2D eigenvalue weighted by atomic mass is 15.2. The van der Waals surface area contributed by atoms with Crippen LogP contribution in [0.5, 0.6) is 0 Å². The van der Waals surface area contributed by atoms with E-state index in [-0.39, 0.29) is 5.54 Å². The van der Waals surface area contributed by atoms with Crippen molar-refractivity contribution in [1.82, 2.24) is 4.90 Å². The molecule has 2 N–H and O–H groups in total. The molecule has 0 saturated carbocycles. The zero-order chi connectivity index (χ0) is 13.6. The van der Waals surface area contributed by atoms with Crippen LogP contribution in [0.4, 0.5) is 0 Å². The van der Waals surface area contributed by atoms with Gasteiger partial charge in [0.25, 0.3) is 0 Å². The first-order chi connectivity index (χ1) is 7.72. The van der Waals surface area contributed by atoms with Gasteiger partial charge in [-0.05, 0) is 52.8 Å². The third-order valence-corrected chi connectivity index (χ3v) is 2.91. The van der Waals surface area contributed by atoms with Crippen LogP contribution in [-0.2, 0) is 0 Å². The standard InChI is InChI=1S/C15H28N2/c1-8-14(16)10-13(12(3)4)11-17(9-2)15(5,6)7/h8,10H,3,9,11,16H2,1-2,4-7H3/b13-10-,14-8+. The number of hydrogen-bond donors (Lipinski definition) is 1. The Hall–Kier alpha value is -1.02. The van der Waals surface area contributed by atoms with Gasteiger partial charge in [-0.25, -0.2) is 0 Å². The van der Waals surface area contributed by atoms with E-state index in [1.807, 2.05) is 26.0 Å². The molecule has 98 valence electrons. The molecule has 0 aliphatic carbocycles. The number of nitrogens with zero attached hydrogens (tertiary/aromatic N) is 1. The zero-order valence-corrected chi connectivity index (χ0v) is 12.3. The summed E-state index contributed by atoms with van der Waals surface area (Å²) in [4.78, 5) is 2.41. The van der Waals surface area contributed by atoms with E-state index in [9.17, 15) is 0 Å². The number of hydrogen-bond acceptors (Lipinski definition) is 2. The van der Waals surface area contributed by atoms with Gasteiger partial charge in [-0.2, -0.15) is 0 Å². The third kappa shape index (κ3) is 5.73. The normalized spacial score (nSPS) is 14.3. The third-order valence-electron chi connectivity index (χ3n) is 2.91. The van der Waals surface area contributed by atoms with Crippen LogP contribution in [-0.4, -0.2) is 23.5 Å². The number of allylic oxidation sites excluding steroid dienone is 2. The molecule has 0 saturated heterocycles. The summed E-state index contributed by atoms with van der Waals surface area (Å²) in [6.07, 6.45) is 3.94. The Morgan fingerprint density at radius 1 is 1.35 bits per heavy atom. The summed E-state index contributed by atoms with van der Waals surface area (Å²) in [5.74, 6) is 0. The monoisotopic (exact) mass is 236 g/mol. The molecule has 0 heterocycles. The van der Waals surface area contributed by atoms with Crippen molar-refractivity contribution in [2.75, 3.05) is 13.1 Å². The molecule has 0 spiro atoms. The van der Waals surface area contributed by atoms with Crippen LogP contribution in [0, 0.1) is 0 Å². The highest BCUT2D eigenvalue weighted by Gasteiger charge is 2.20. The Bertz CT molecular complexity index is 316. The number of likely N-dealkylation sites (N-methyl/N-ethyl adjacent to an activating group) is 1. The Balaban J connectivity index is 5.01. The van der Waals surface area contributed by atoms with E-state index in [1.54, 1.807) is 0 Å². The molecule has 2 nitrogen and oxygen atoms in total. The lowest BCUT2D eigenvalue weighted by Gasteiger charge is -2.35. The first-order valence-electron chi connectivity index (χ1n) is 6.25. The van der Waals surface area contributed by atoms with Crippen LogP contribution >= 0.6 is 0 Å². The van der Waals surface area contributed by atoms with Crippen LogP contribution in [0.25, 0.3) is 0 Å². The first-order valence-corrected chi connectivity index (χ1v) is 6.25. The van der Waals surface area contributed by atoms with Crippen molar-refractivity contribution in [1.29, 1.82) is 0 Å². The smallest absolute Gasteiger partial charge is 0.0273 e. The number of rotatable bonds is 5. The summed E-state index contributed by atoms with van der Waals surface area (Å²) in [5.41, 5.74) is 9.11. The Morgan fingerprint density at radius 2 is 1.88 bits per heavy atom. The molecule has 0 aliphatic heterocycles. The first kappa shape index (κ1) is 16.0. The van der Waals surface area contributed by atoms with Crippen LogP contribution in [0.3, 0.4) is 0 Å². The second-order valence-corrected chi connectivity index (χ2v) is 5.42. The minimum Gasteiger partial charge on any atom is -0.399 e. The van der Waals surface area contributed by atoms with E-state index in [2.05, 4.69) is 39.2 Å². The Morgan fingerprint density at radius 3 is 2.18 bits per heavy atom. The van der Waals surface area contributed by atoms with E-state index < -0.39 is 0 Å². The average molecular weight is 236 g/mol. The lowest BCUT2D eigenvalue weighted by Crippen LogP contribution is -2.42. The van der Waals surface area contributed by atoms with Gasteiger partial charge in [0.15, 0.2) is 0 Å². The largest absolute Gasteiger partial charge is 0.399 e. The molecule has 0 radical (unpaired) electrons. The van der Waals surface area contributed by atoms with Crippen molar-refractivity contribution >= 4 is 0 Å². The second kappa shape index (κ2) is 6.65. The molecule has 0 aromatic heterocycles. The van der Waals surface area contributed by atoms with Crippen molar-refractivity contribution in [2.45, 2.75) is 47.1 Å². The van der Waals surface area contributed by atoms with Gasteiger partial charge in [0, 0.05) is 17.8 Å². The lowest BCUT2D eigenvalue weighted by atomic mass is 10.0. The van der Waals surface area contributed by atoms with Crippen molar-refractivity contribution in [3.05, 3.63) is 35.6 Å². The molecule has 0 rings (SSSR count). The summed E-state index contributed by atoms with van der Waals surface area (Å²) in [5, 5.41) is 0. The van der Waals surface area contributed by atoms with E-state index in [0.29, 0.717) is 0 Å². The predicted molar refractivity (Wildman–Crippen MR) is 77.8 cm³/mol. The quantitative estimate of drug-likeness (QED) is 0.741. The van der Waals surface area contributed by atoms with Crippen molar-refractivity contribution in [3.63, 3.8) is 0 Å². The van der Waals surface area contributed by atoms with Gasteiger partial charge in [0.2, 0.25) is 0 Å². The molecule has 0 amide bonds. The van der Waals surface area contributed by atoms with Gasteiger partial charge >= 0.3 is 0 Å². The van der Waals surface area contributed by atoms with Gasteiger partial charge < -0.3 is 5.73 Å². The summed E-state index contributed by atoms with van der Waals surface area (Å²) in [6, 6.07) is 0. The maximum atomic E-state index is 5.86. The maximum Gasteiger partial charge on any atom is 0.0273 e. The fourth-order valence-corrected chi connectivity index (χ4v) is 1.62. The van der Waals surface area contributed by atoms with E-state index in [1.165, 1.54) is 5.57 Å². The van der Waals surface area contributed by atoms with E-state index >= 15 is 0 Å². The van der Waals surface area contributed by atoms with Crippen LogP contribution < -0.4 is 5.73 Å². The molecule has 0 fully saturated rings. The van der Waals surface area contributed by atoms with E-state index in [4.69, 9.17) is 5.73 Å². The Kier molecular flexibility index (Phi) is 6.25. The van der Waals surface area contributed by atoms with Crippen LogP contribution in [0.15, 0.2) is 35.6 Å². The van der Waals surface area contributed by atoms with Gasteiger partial charge in [-0.3, -0.25) is 4.90 Å². The Labute approximate surface area is 107 Å². The van der Waals surface area contributed by atoms with Gasteiger partial charge in [-0.1, -0.05) is 25.2 Å². The van der Waals surface area contributed by atoms with Crippen LogP contribution in [0.2, 0.25) is 0 Å². The fourth-order valence-electron chi connectivity index (χ4n) is 1.62. The SMILES string of the molecule is C=C(C)/C(=C\C(N)=C/C)CN(CC)C(C)(C)C. The topological polar surface area (TPSA) is 29.3 Å². The van der Waals surface area contributed by atoms with E-state index in [0.717, 1.165) is 24.4 Å². The molecule has 0 aromatic rings. The lowest BCUT2D eigenvalue weighted by molar-refractivity contribution is 0.160. The highest BCUT2D eigenvalue weighted by Crippen LogP contribution is 2.18.